The molecule has 0 amide bonds. The minimum absolute atomic E-state index is 0.312. The lowest BCUT2D eigenvalue weighted by Gasteiger charge is -2.09. The van der Waals surface area contributed by atoms with Crippen LogP contribution in [0, 0.1) is 5.82 Å². The first-order valence-corrected chi connectivity index (χ1v) is 7.49. The molecule has 3 heteroatoms. The van der Waals surface area contributed by atoms with Gasteiger partial charge in [0.05, 0.1) is 6.61 Å². The molecule has 0 saturated carbocycles. The van der Waals surface area contributed by atoms with Gasteiger partial charge in [0.15, 0.2) is 11.6 Å². The monoisotopic (exact) mass is 287 g/mol. The minimum Gasteiger partial charge on any atom is -0.491 e. The van der Waals surface area contributed by atoms with Gasteiger partial charge in [-0.25, -0.2) is 4.39 Å². The third-order valence-electron chi connectivity index (χ3n) is 3.30. The number of unbranched alkanes of at least 4 members (excludes halogenated alkanes) is 1. The van der Waals surface area contributed by atoms with Crippen molar-refractivity contribution in [2.24, 2.45) is 0 Å². The van der Waals surface area contributed by atoms with Crippen molar-refractivity contribution in [3.63, 3.8) is 0 Å². The van der Waals surface area contributed by atoms with Crippen LogP contribution in [0.25, 0.3) is 0 Å². The molecule has 0 unspecified atom stereocenters. The van der Waals surface area contributed by atoms with E-state index in [1.165, 1.54) is 11.6 Å². The summed E-state index contributed by atoms with van der Waals surface area (Å²) in [5.74, 6) is -0.00161. The molecule has 0 aromatic heterocycles. The van der Waals surface area contributed by atoms with Gasteiger partial charge in [-0.15, -0.1) is 0 Å². The van der Waals surface area contributed by atoms with Gasteiger partial charge < -0.3 is 10.1 Å². The lowest BCUT2D eigenvalue weighted by Crippen LogP contribution is -2.03. The molecule has 0 aliphatic heterocycles. The maximum absolute atomic E-state index is 13.7. The number of nitrogens with one attached hydrogen (secondary N) is 1. The van der Waals surface area contributed by atoms with Crippen molar-refractivity contribution >= 4 is 5.69 Å². The van der Waals surface area contributed by atoms with Crippen LogP contribution in [0.5, 0.6) is 5.75 Å². The average molecular weight is 287 g/mol. The van der Waals surface area contributed by atoms with Crippen molar-refractivity contribution in [1.82, 2.24) is 0 Å². The van der Waals surface area contributed by atoms with E-state index in [4.69, 9.17) is 4.74 Å². The number of ether oxygens (including phenoxy) is 1. The lowest BCUT2D eigenvalue weighted by molar-refractivity contribution is 0.321. The predicted molar refractivity (Wildman–Crippen MR) is 85.4 cm³/mol. The zero-order valence-electron chi connectivity index (χ0n) is 12.4. The largest absolute Gasteiger partial charge is 0.491 e. The summed E-state index contributed by atoms with van der Waals surface area (Å²) in [6.45, 7) is 3.17. The van der Waals surface area contributed by atoms with Gasteiger partial charge in [-0.3, -0.25) is 0 Å². The van der Waals surface area contributed by atoms with Gasteiger partial charge in [0, 0.05) is 18.3 Å². The van der Waals surface area contributed by atoms with Gasteiger partial charge in [0.25, 0.3) is 0 Å². The first kappa shape index (κ1) is 15.4. The molecule has 2 aromatic carbocycles. The van der Waals surface area contributed by atoms with E-state index in [1.54, 1.807) is 6.07 Å². The Hall–Kier alpha value is -2.03. The van der Waals surface area contributed by atoms with Crippen molar-refractivity contribution < 1.29 is 9.13 Å². The highest BCUT2D eigenvalue weighted by molar-refractivity contribution is 5.47. The Bertz CT molecular complexity index is 542. The van der Waals surface area contributed by atoms with Crippen LogP contribution in [0.3, 0.4) is 0 Å². The second-order valence-electron chi connectivity index (χ2n) is 4.95. The van der Waals surface area contributed by atoms with Crippen LogP contribution in [0.15, 0.2) is 48.5 Å². The molecule has 2 aromatic rings. The van der Waals surface area contributed by atoms with Gasteiger partial charge in [0.2, 0.25) is 0 Å². The molecule has 0 aliphatic rings. The Morgan fingerprint density at radius 1 is 1.05 bits per heavy atom. The molecule has 0 spiro atoms. The summed E-state index contributed by atoms with van der Waals surface area (Å²) in [6, 6.07) is 15.5. The van der Waals surface area contributed by atoms with E-state index >= 15 is 0 Å². The smallest absolute Gasteiger partial charge is 0.167 e. The molecule has 2 nitrogen and oxygen atoms in total. The number of rotatable bonds is 8. The zero-order valence-corrected chi connectivity index (χ0v) is 12.4. The highest BCUT2D eigenvalue weighted by Gasteiger charge is 2.03. The third kappa shape index (κ3) is 5.10. The fourth-order valence-corrected chi connectivity index (χ4v) is 2.21. The Labute approximate surface area is 126 Å². The van der Waals surface area contributed by atoms with Crippen LogP contribution in [0.2, 0.25) is 0 Å². The first-order valence-electron chi connectivity index (χ1n) is 7.49. The predicted octanol–water partition coefficient (Wildman–Crippen LogP) is 4.66. The second-order valence-corrected chi connectivity index (χ2v) is 4.95. The average Bonchev–Trinajstić information content (AvgIpc) is 2.51. The molecule has 0 heterocycles. The summed E-state index contributed by atoms with van der Waals surface area (Å²) in [4.78, 5) is 0. The molecule has 0 bridgehead atoms. The molecular weight excluding hydrogens is 265 g/mol. The van der Waals surface area contributed by atoms with Gasteiger partial charge in [-0.05, 0) is 43.9 Å². The van der Waals surface area contributed by atoms with E-state index in [0.717, 1.165) is 31.5 Å². The van der Waals surface area contributed by atoms with Crippen LogP contribution in [-0.4, -0.2) is 13.2 Å². The Morgan fingerprint density at radius 2 is 1.86 bits per heavy atom. The number of aryl methyl sites for hydroxylation is 1. The molecule has 0 aliphatic carbocycles. The van der Waals surface area contributed by atoms with E-state index in [1.807, 2.05) is 19.1 Å². The Balaban J connectivity index is 1.70. The van der Waals surface area contributed by atoms with Gasteiger partial charge >= 0.3 is 0 Å². The van der Waals surface area contributed by atoms with Crippen molar-refractivity contribution in [3.05, 3.63) is 59.9 Å². The molecule has 0 atom stereocenters. The number of anilines is 1. The Morgan fingerprint density at radius 3 is 2.57 bits per heavy atom. The minimum atomic E-state index is -0.314. The van der Waals surface area contributed by atoms with Crippen molar-refractivity contribution in [2.75, 3.05) is 18.5 Å². The van der Waals surface area contributed by atoms with Crippen LogP contribution < -0.4 is 10.1 Å². The normalized spacial score (nSPS) is 10.4. The Kier molecular flexibility index (Phi) is 6.07. The van der Waals surface area contributed by atoms with E-state index in [-0.39, 0.29) is 5.82 Å². The van der Waals surface area contributed by atoms with Gasteiger partial charge in [0.1, 0.15) is 0 Å². The summed E-state index contributed by atoms with van der Waals surface area (Å²) >= 11 is 0. The molecule has 0 saturated heterocycles. The summed E-state index contributed by atoms with van der Waals surface area (Å²) in [5, 5.41) is 3.25. The lowest BCUT2D eigenvalue weighted by atomic mass is 10.1. The van der Waals surface area contributed by atoms with Crippen LogP contribution in [0.1, 0.15) is 25.3 Å². The molecular formula is C18H22FNO. The maximum Gasteiger partial charge on any atom is 0.167 e. The highest BCUT2D eigenvalue weighted by atomic mass is 19.1. The fraction of sp³-hybridized carbons (Fsp3) is 0.333. The number of hydrogen-bond acceptors (Lipinski definition) is 2. The summed E-state index contributed by atoms with van der Waals surface area (Å²) in [6.07, 6.45) is 3.26. The van der Waals surface area contributed by atoms with Crippen molar-refractivity contribution in [2.45, 2.75) is 26.2 Å². The van der Waals surface area contributed by atoms with E-state index < -0.39 is 0 Å². The number of halogens is 1. The second kappa shape index (κ2) is 8.30. The first-order chi connectivity index (χ1) is 10.3. The van der Waals surface area contributed by atoms with Crippen LogP contribution in [-0.2, 0) is 6.42 Å². The maximum atomic E-state index is 13.7. The van der Waals surface area contributed by atoms with Gasteiger partial charge in [-0.1, -0.05) is 30.3 Å². The quantitative estimate of drug-likeness (QED) is 0.713. The third-order valence-corrected chi connectivity index (χ3v) is 3.30. The SMILES string of the molecule is CCOc1ccc(NCCCCc2ccccc2)cc1F. The van der Waals surface area contributed by atoms with Gasteiger partial charge in [-0.2, -0.15) is 0 Å². The van der Waals surface area contributed by atoms with E-state index in [0.29, 0.717) is 12.4 Å². The molecule has 112 valence electrons. The standard InChI is InChI=1S/C18H22FNO/c1-2-21-18-12-11-16(14-17(18)19)20-13-7-6-10-15-8-4-3-5-9-15/h3-5,8-9,11-12,14,20H,2,6-7,10,13H2,1H3. The highest BCUT2D eigenvalue weighted by Crippen LogP contribution is 2.21. The fourth-order valence-electron chi connectivity index (χ4n) is 2.21. The topological polar surface area (TPSA) is 21.3 Å². The molecule has 2 rings (SSSR count). The van der Waals surface area contributed by atoms with Crippen LogP contribution in [0.4, 0.5) is 10.1 Å². The van der Waals surface area contributed by atoms with Crippen LogP contribution >= 0.6 is 0 Å². The number of benzene rings is 2. The van der Waals surface area contributed by atoms with E-state index in [9.17, 15) is 4.39 Å². The zero-order chi connectivity index (χ0) is 14.9. The summed E-state index contributed by atoms with van der Waals surface area (Å²) < 4.78 is 18.8. The van der Waals surface area contributed by atoms with E-state index in [2.05, 4.69) is 29.6 Å². The summed E-state index contributed by atoms with van der Waals surface area (Å²) in [5.41, 5.74) is 2.17. The molecule has 0 fully saturated rings. The van der Waals surface area contributed by atoms with Crippen molar-refractivity contribution in [1.29, 1.82) is 0 Å². The summed E-state index contributed by atoms with van der Waals surface area (Å²) in [7, 11) is 0. The molecule has 21 heavy (non-hydrogen) atoms. The molecule has 1 N–H and O–H groups in total. The van der Waals surface area contributed by atoms with Crippen molar-refractivity contribution in [3.8, 4) is 5.75 Å². The number of hydrogen-bond donors (Lipinski definition) is 1. The molecule has 0 radical (unpaired) electrons.